The summed E-state index contributed by atoms with van der Waals surface area (Å²) in [6.45, 7) is 1.28. The van der Waals surface area contributed by atoms with Gasteiger partial charge >= 0.3 is 0 Å². The van der Waals surface area contributed by atoms with Gasteiger partial charge in [-0.25, -0.2) is 13.1 Å². The third kappa shape index (κ3) is 4.89. The Bertz CT molecular complexity index is 311. The van der Waals surface area contributed by atoms with E-state index in [1.807, 2.05) is 0 Å². The molecular weight excluding hydrogens is 246 g/mol. The lowest BCUT2D eigenvalue weighted by atomic mass is 10.0. The van der Waals surface area contributed by atoms with Crippen molar-refractivity contribution >= 4 is 10.0 Å². The number of methoxy groups -OCH3 is 1. The Kier molecular flexibility index (Phi) is 5.81. The van der Waals surface area contributed by atoms with Gasteiger partial charge in [-0.15, -0.1) is 0 Å². The minimum Gasteiger partial charge on any atom is -0.396 e. The zero-order chi connectivity index (χ0) is 12.8. The van der Waals surface area contributed by atoms with Gasteiger partial charge in [0.25, 0.3) is 0 Å². The summed E-state index contributed by atoms with van der Waals surface area (Å²) in [6.07, 6.45) is 1.66. The molecule has 102 valence electrons. The van der Waals surface area contributed by atoms with Crippen LogP contribution in [-0.4, -0.2) is 58.4 Å². The van der Waals surface area contributed by atoms with Crippen LogP contribution in [0.3, 0.4) is 0 Å². The predicted octanol–water partition coefficient (Wildman–Crippen LogP) is -0.516. The van der Waals surface area contributed by atoms with Gasteiger partial charge < -0.3 is 14.6 Å². The molecule has 0 aliphatic carbocycles. The lowest BCUT2D eigenvalue weighted by Gasteiger charge is -2.25. The molecule has 1 aliphatic heterocycles. The number of hydrogen-bond donors (Lipinski definition) is 2. The van der Waals surface area contributed by atoms with Gasteiger partial charge in [0.15, 0.2) is 0 Å². The second-order valence-electron chi connectivity index (χ2n) is 4.26. The van der Waals surface area contributed by atoms with Crippen molar-refractivity contribution in [3.63, 3.8) is 0 Å². The first-order chi connectivity index (χ1) is 8.04. The first-order valence-corrected chi connectivity index (χ1v) is 7.40. The number of aliphatic hydroxyl groups is 1. The van der Waals surface area contributed by atoms with Crippen LogP contribution in [0.2, 0.25) is 0 Å². The average Bonchev–Trinajstić information content (AvgIpc) is 2.76. The van der Waals surface area contributed by atoms with E-state index in [1.54, 1.807) is 7.11 Å². The van der Waals surface area contributed by atoms with Crippen LogP contribution in [0.5, 0.6) is 0 Å². The van der Waals surface area contributed by atoms with E-state index in [2.05, 4.69) is 4.72 Å². The minimum absolute atomic E-state index is 0.0192. The minimum atomic E-state index is -3.29. The second kappa shape index (κ2) is 6.65. The molecule has 0 aromatic rings. The van der Waals surface area contributed by atoms with E-state index in [1.165, 1.54) is 0 Å². The Balaban J connectivity index is 2.37. The monoisotopic (exact) mass is 267 g/mol. The van der Waals surface area contributed by atoms with E-state index in [-0.39, 0.29) is 18.9 Å². The van der Waals surface area contributed by atoms with Crippen LogP contribution >= 0.6 is 0 Å². The summed E-state index contributed by atoms with van der Waals surface area (Å²) in [5.74, 6) is 0.0359. The van der Waals surface area contributed by atoms with E-state index < -0.39 is 15.6 Å². The Morgan fingerprint density at radius 2 is 2.24 bits per heavy atom. The SMILES string of the molecule is COC1(CNS(=O)(=O)CCCCO)CCOC1. The maximum Gasteiger partial charge on any atom is 0.211 e. The molecule has 0 aromatic carbocycles. The van der Waals surface area contributed by atoms with Gasteiger partial charge in [-0.2, -0.15) is 0 Å². The summed E-state index contributed by atoms with van der Waals surface area (Å²) < 4.78 is 36.3. The highest BCUT2D eigenvalue weighted by Crippen LogP contribution is 2.21. The number of sulfonamides is 1. The van der Waals surface area contributed by atoms with Gasteiger partial charge in [0.2, 0.25) is 10.0 Å². The zero-order valence-electron chi connectivity index (χ0n) is 10.1. The summed E-state index contributed by atoms with van der Waals surface area (Å²) in [5, 5.41) is 8.59. The van der Waals surface area contributed by atoms with Crippen molar-refractivity contribution < 1.29 is 23.0 Å². The molecule has 1 heterocycles. The van der Waals surface area contributed by atoms with Gasteiger partial charge in [0.1, 0.15) is 5.60 Å². The van der Waals surface area contributed by atoms with Crippen LogP contribution in [0.1, 0.15) is 19.3 Å². The highest BCUT2D eigenvalue weighted by molar-refractivity contribution is 7.89. The molecule has 6 nitrogen and oxygen atoms in total. The molecular formula is C10H21NO5S. The predicted molar refractivity (Wildman–Crippen MR) is 63.3 cm³/mol. The number of ether oxygens (including phenoxy) is 2. The highest BCUT2D eigenvalue weighted by atomic mass is 32.2. The van der Waals surface area contributed by atoms with E-state index in [4.69, 9.17) is 14.6 Å². The van der Waals surface area contributed by atoms with Crippen molar-refractivity contribution in [1.82, 2.24) is 4.72 Å². The fraction of sp³-hybridized carbons (Fsp3) is 1.00. The normalized spacial score (nSPS) is 25.3. The number of rotatable bonds is 8. The van der Waals surface area contributed by atoms with E-state index in [9.17, 15) is 8.42 Å². The van der Waals surface area contributed by atoms with E-state index >= 15 is 0 Å². The molecule has 1 unspecified atom stereocenters. The van der Waals surface area contributed by atoms with E-state index in [0.717, 1.165) is 0 Å². The zero-order valence-corrected chi connectivity index (χ0v) is 11.0. The standard InChI is InChI=1S/C10H21NO5S/c1-15-10(4-6-16-9-10)8-11-17(13,14)7-3-2-5-12/h11-12H,2-9H2,1H3. The fourth-order valence-electron chi connectivity index (χ4n) is 1.68. The molecule has 0 radical (unpaired) electrons. The second-order valence-corrected chi connectivity index (χ2v) is 6.19. The number of aliphatic hydroxyl groups excluding tert-OH is 1. The van der Waals surface area contributed by atoms with Crippen molar-refractivity contribution in [2.75, 3.05) is 39.2 Å². The summed E-state index contributed by atoms with van der Waals surface area (Å²) in [4.78, 5) is 0. The molecule has 1 atom stereocenters. The number of nitrogens with one attached hydrogen (secondary N) is 1. The van der Waals surface area contributed by atoms with Gasteiger partial charge in [-0.3, -0.25) is 0 Å². The van der Waals surface area contributed by atoms with Crippen LogP contribution in [0.4, 0.5) is 0 Å². The maximum atomic E-state index is 11.6. The quantitative estimate of drug-likeness (QED) is 0.578. The van der Waals surface area contributed by atoms with Crippen LogP contribution < -0.4 is 4.72 Å². The number of hydrogen-bond acceptors (Lipinski definition) is 5. The van der Waals surface area contributed by atoms with Crippen LogP contribution in [0, 0.1) is 0 Å². The molecule has 1 aliphatic rings. The van der Waals surface area contributed by atoms with Crippen molar-refractivity contribution in [3.8, 4) is 0 Å². The fourth-order valence-corrected chi connectivity index (χ4v) is 2.89. The van der Waals surface area contributed by atoms with Crippen molar-refractivity contribution in [2.24, 2.45) is 0 Å². The van der Waals surface area contributed by atoms with Crippen LogP contribution in [0.25, 0.3) is 0 Å². The van der Waals surface area contributed by atoms with Gasteiger partial charge in [0, 0.05) is 33.3 Å². The molecule has 0 saturated carbocycles. The Morgan fingerprint density at radius 3 is 2.76 bits per heavy atom. The first kappa shape index (κ1) is 14.8. The van der Waals surface area contributed by atoms with Crippen molar-refractivity contribution in [1.29, 1.82) is 0 Å². The molecule has 1 saturated heterocycles. The third-order valence-corrected chi connectivity index (χ3v) is 4.35. The Labute approximate surface area is 102 Å². The van der Waals surface area contributed by atoms with Crippen molar-refractivity contribution in [3.05, 3.63) is 0 Å². The molecule has 1 rings (SSSR count). The van der Waals surface area contributed by atoms with E-state index in [0.29, 0.717) is 32.5 Å². The first-order valence-electron chi connectivity index (χ1n) is 5.75. The molecule has 0 bridgehead atoms. The highest BCUT2D eigenvalue weighted by Gasteiger charge is 2.35. The molecule has 2 N–H and O–H groups in total. The molecule has 1 fully saturated rings. The van der Waals surface area contributed by atoms with Gasteiger partial charge in [-0.1, -0.05) is 0 Å². The van der Waals surface area contributed by atoms with Crippen molar-refractivity contribution in [2.45, 2.75) is 24.9 Å². The average molecular weight is 267 g/mol. The Morgan fingerprint density at radius 1 is 1.47 bits per heavy atom. The topological polar surface area (TPSA) is 84.9 Å². The van der Waals surface area contributed by atoms with Crippen LogP contribution in [-0.2, 0) is 19.5 Å². The maximum absolute atomic E-state index is 11.6. The summed E-state index contributed by atoms with van der Waals surface area (Å²) in [5.41, 5.74) is -0.524. The third-order valence-electron chi connectivity index (χ3n) is 2.94. The lowest BCUT2D eigenvalue weighted by Crippen LogP contribution is -2.45. The number of unbranched alkanes of at least 4 members (excludes halogenated alkanes) is 1. The lowest BCUT2D eigenvalue weighted by molar-refractivity contribution is -0.0120. The largest absolute Gasteiger partial charge is 0.396 e. The molecule has 0 aromatic heterocycles. The summed E-state index contributed by atoms with van der Waals surface area (Å²) in [6, 6.07) is 0. The molecule has 0 spiro atoms. The summed E-state index contributed by atoms with van der Waals surface area (Å²) >= 11 is 0. The molecule has 7 heteroatoms. The molecule has 0 amide bonds. The van der Waals surface area contributed by atoms with Gasteiger partial charge in [-0.05, 0) is 12.8 Å². The molecule has 17 heavy (non-hydrogen) atoms. The summed E-state index contributed by atoms with van der Waals surface area (Å²) in [7, 11) is -1.72. The smallest absolute Gasteiger partial charge is 0.211 e. The Hall–Kier alpha value is -0.210. The van der Waals surface area contributed by atoms with Crippen LogP contribution in [0.15, 0.2) is 0 Å². The van der Waals surface area contributed by atoms with Gasteiger partial charge in [0.05, 0.1) is 12.4 Å².